The zero-order valence-electron chi connectivity index (χ0n) is 9.98. The van der Waals surface area contributed by atoms with E-state index in [-0.39, 0.29) is 10.8 Å². The van der Waals surface area contributed by atoms with Gasteiger partial charge in [-0.25, -0.2) is 4.79 Å². The van der Waals surface area contributed by atoms with Gasteiger partial charge in [-0.1, -0.05) is 17.7 Å². The lowest BCUT2D eigenvalue weighted by atomic mass is 10.2. The Kier molecular flexibility index (Phi) is 5.84. The van der Waals surface area contributed by atoms with Crippen LogP contribution in [0.3, 0.4) is 0 Å². The summed E-state index contributed by atoms with van der Waals surface area (Å²) in [7, 11) is 0. The van der Waals surface area contributed by atoms with E-state index in [1.165, 1.54) is 24.3 Å². The summed E-state index contributed by atoms with van der Waals surface area (Å²) >= 11 is 5.83. The van der Waals surface area contributed by atoms with Crippen molar-refractivity contribution >= 4 is 23.6 Å². The van der Waals surface area contributed by atoms with Crippen LogP contribution in [0.5, 0.6) is 5.75 Å². The SMILES string of the molecule is O=C(O)/C=C/c1ccc(OCOCC(F)(F)F)c(Cl)c1. The molecule has 0 aliphatic carbocycles. The monoisotopic (exact) mass is 310 g/mol. The number of alkyl halides is 3. The van der Waals surface area contributed by atoms with Crippen LogP contribution in [0.25, 0.3) is 6.08 Å². The van der Waals surface area contributed by atoms with Gasteiger partial charge in [-0.2, -0.15) is 13.2 Å². The topological polar surface area (TPSA) is 55.8 Å². The van der Waals surface area contributed by atoms with Crippen molar-refractivity contribution in [3.8, 4) is 5.75 Å². The third-order valence-electron chi connectivity index (χ3n) is 1.94. The summed E-state index contributed by atoms with van der Waals surface area (Å²) < 4.78 is 44.6. The van der Waals surface area contributed by atoms with Crippen molar-refractivity contribution in [3.63, 3.8) is 0 Å². The van der Waals surface area contributed by atoms with E-state index in [9.17, 15) is 18.0 Å². The molecular weight excluding hydrogens is 301 g/mol. The maximum Gasteiger partial charge on any atom is 0.411 e. The molecule has 1 N–H and O–H groups in total. The van der Waals surface area contributed by atoms with Gasteiger partial charge in [0, 0.05) is 6.08 Å². The normalized spacial score (nSPS) is 11.8. The number of benzene rings is 1. The second-order valence-electron chi connectivity index (χ2n) is 3.59. The Hall–Kier alpha value is -1.73. The second-order valence-corrected chi connectivity index (χ2v) is 3.99. The third kappa shape index (κ3) is 6.44. The van der Waals surface area contributed by atoms with Gasteiger partial charge in [0.15, 0.2) is 6.79 Å². The van der Waals surface area contributed by atoms with Crippen molar-refractivity contribution < 1.29 is 32.5 Å². The number of rotatable bonds is 6. The predicted molar refractivity (Wildman–Crippen MR) is 65.6 cm³/mol. The quantitative estimate of drug-likeness (QED) is 0.497. The van der Waals surface area contributed by atoms with Crippen LogP contribution in [0.2, 0.25) is 5.02 Å². The molecule has 0 aliphatic rings. The largest absolute Gasteiger partial charge is 0.478 e. The summed E-state index contributed by atoms with van der Waals surface area (Å²) in [6.07, 6.45) is -2.17. The molecule has 1 aromatic rings. The fourth-order valence-electron chi connectivity index (χ4n) is 1.17. The number of carboxylic acids is 1. The van der Waals surface area contributed by atoms with Crippen molar-refractivity contribution in [3.05, 3.63) is 34.9 Å². The lowest BCUT2D eigenvalue weighted by molar-refractivity contribution is -0.186. The van der Waals surface area contributed by atoms with Crippen LogP contribution in [-0.2, 0) is 9.53 Å². The molecule has 0 aliphatic heterocycles. The molecule has 0 radical (unpaired) electrons. The van der Waals surface area contributed by atoms with E-state index in [2.05, 4.69) is 4.74 Å². The summed E-state index contributed by atoms with van der Waals surface area (Å²) in [5, 5.41) is 8.59. The number of hydrogen-bond donors (Lipinski definition) is 1. The molecular formula is C12H10ClF3O4. The Morgan fingerprint density at radius 2 is 2.10 bits per heavy atom. The molecule has 0 saturated carbocycles. The van der Waals surface area contributed by atoms with Crippen LogP contribution in [0.4, 0.5) is 13.2 Å². The molecule has 1 aromatic carbocycles. The summed E-state index contributed by atoms with van der Waals surface area (Å²) in [5.74, 6) is -0.969. The van der Waals surface area contributed by atoms with Gasteiger partial charge >= 0.3 is 12.1 Å². The number of halogens is 4. The lowest BCUT2D eigenvalue weighted by Crippen LogP contribution is -2.19. The molecule has 0 saturated heterocycles. The van der Waals surface area contributed by atoms with Crippen LogP contribution < -0.4 is 4.74 Å². The summed E-state index contributed by atoms with van der Waals surface area (Å²) in [4.78, 5) is 10.3. The van der Waals surface area contributed by atoms with Crippen molar-refractivity contribution in [2.75, 3.05) is 13.4 Å². The molecule has 0 heterocycles. The Balaban J connectivity index is 2.54. The Labute approximate surface area is 117 Å². The fourth-order valence-corrected chi connectivity index (χ4v) is 1.41. The van der Waals surface area contributed by atoms with Gasteiger partial charge in [0.1, 0.15) is 12.4 Å². The summed E-state index contributed by atoms with van der Waals surface area (Å²) in [6, 6.07) is 4.32. The van der Waals surface area contributed by atoms with Gasteiger partial charge in [0.2, 0.25) is 0 Å². The minimum atomic E-state index is -4.42. The van der Waals surface area contributed by atoms with Gasteiger partial charge in [0.05, 0.1) is 5.02 Å². The van der Waals surface area contributed by atoms with E-state index < -0.39 is 25.5 Å². The molecule has 0 aromatic heterocycles. The van der Waals surface area contributed by atoms with Crippen molar-refractivity contribution in [1.82, 2.24) is 0 Å². The number of carbonyl (C=O) groups is 1. The molecule has 8 heteroatoms. The lowest BCUT2D eigenvalue weighted by Gasteiger charge is -2.10. The van der Waals surface area contributed by atoms with E-state index in [4.69, 9.17) is 21.4 Å². The Bertz CT molecular complexity index is 500. The molecule has 0 unspecified atom stereocenters. The summed E-state index contributed by atoms with van der Waals surface area (Å²) in [6.45, 7) is -2.01. The molecule has 1 rings (SSSR count). The minimum absolute atomic E-state index is 0.133. The van der Waals surface area contributed by atoms with Crippen LogP contribution in [0.15, 0.2) is 24.3 Å². The highest BCUT2D eigenvalue weighted by molar-refractivity contribution is 6.32. The van der Waals surface area contributed by atoms with E-state index >= 15 is 0 Å². The zero-order valence-corrected chi connectivity index (χ0v) is 10.7. The number of hydrogen-bond acceptors (Lipinski definition) is 3. The first-order chi connectivity index (χ1) is 9.28. The maximum absolute atomic E-state index is 11.8. The standard InChI is InChI=1S/C12H10ClF3O4/c13-9-5-8(2-4-11(17)18)1-3-10(9)20-7-19-6-12(14,15)16/h1-5H,6-7H2,(H,17,18)/b4-2+. The fraction of sp³-hybridized carbons (Fsp3) is 0.250. The number of ether oxygens (including phenoxy) is 2. The van der Waals surface area contributed by atoms with Gasteiger partial charge in [0.25, 0.3) is 0 Å². The molecule has 0 amide bonds. The molecule has 0 spiro atoms. The first-order valence-corrected chi connectivity index (χ1v) is 5.63. The van der Waals surface area contributed by atoms with E-state index in [0.29, 0.717) is 5.56 Å². The molecule has 0 atom stereocenters. The van der Waals surface area contributed by atoms with Crippen molar-refractivity contribution in [1.29, 1.82) is 0 Å². The van der Waals surface area contributed by atoms with Crippen molar-refractivity contribution in [2.24, 2.45) is 0 Å². The Morgan fingerprint density at radius 1 is 1.40 bits per heavy atom. The van der Waals surface area contributed by atoms with Crippen LogP contribution >= 0.6 is 11.6 Å². The van der Waals surface area contributed by atoms with Crippen molar-refractivity contribution in [2.45, 2.75) is 6.18 Å². The van der Waals surface area contributed by atoms with E-state index in [1.807, 2.05) is 0 Å². The minimum Gasteiger partial charge on any atom is -0.478 e. The molecule has 0 fully saturated rings. The van der Waals surface area contributed by atoms with E-state index in [1.54, 1.807) is 0 Å². The average Bonchev–Trinajstić information content (AvgIpc) is 2.32. The van der Waals surface area contributed by atoms with Gasteiger partial charge in [-0.15, -0.1) is 0 Å². The zero-order chi connectivity index (χ0) is 15.2. The first-order valence-electron chi connectivity index (χ1n) is 5.26. The second kappa shape index (κ2) is 7.16. The van der Waals surface area contributed by atoms with Crippen LogP contribution in [0.1, 0.15) is 5.56 Å². The average molecular weight is 311 g/mol. The maximum atomic E-state index is 11.8. The van der Waals surface area contributed by atoms with E-state index in [0.717, 1.165) is 6.08 Å². The predicted octanol–water partition coefficient (Wildman–Crippen LogP) is 3.35. The number of aliphatic carboxylic acids is 1. The highest BCUT2D eigenvalue weighted by atomic mass is 35.5. The van der Waals surface area contributed by atoms with Gasteiger partial charge in [-0.05, 0) is 23.8 Å². The highest BCUT2D eigenvalue weighted by Gasteiger charge is 2.27. The third-order valence-corrected chi connectivity index (χ3v) is 2.23. The molecule has 0 bridgehead atoms. The smallest absolute Gasteiger partial charge is 0.411 e. The van der Waals surface area contributed by atoms with Crippen LogP contribution in [0, 0.1) is 0 Å². The number of carboxylic acid groups (broad SMARTS) is 1. The first kappa shape index (κ1) is 16.3. The molecule has 20 heavy (non-hydrogen) atoms. The van der Waals surface area contributed by atoms with Gasteiger partial charge < -0.3 is 14.6 Å². The molecule has 4 nitrogen and oxygen atoms in total. The highest BCUT2D eigenvalue weighted by Crippen LogP contribution is 2.26. The van der Waals surface area contributed by atoms with Gasteiger partial charge in [-0.3, -0.25) is 0 Å². The summed E-state index contributed by atoms with van der Waals surface area (Å²) in [5.41, 5.74) is 0.515. The van der Waals surface area contributed by atoms with Crippen LogP contribution in [-0.4, -0.2) is 30.7 Å². The molecule has 110 valence electrons. The Morgan fingerprint density at radius 3 is 2.65 bits per heavy atom.